The van der Waals surface area contributed by atoms with E-state index in [0.717, 1.165) is 0 Å². The van der Waals surface area contributed by atoms with Crippen LogP contribution in [0.2, 0.25) is 5.02 Å². The number of aromatic amines is 1. The maximum atomic E-state index is 14.3. The van der Waals surface area contributed by atoms with Gasteiger partial charge in [0, 0.05) is 17.7 Å². The van der Waals surface area contributed by atoms with Gasteiger partial charge in [-0.1, -0.05) is 35.9 Å². The highest BCUT2D eigenvalue weighted by molar-refractivity contribution is 6.30. The third-order valence-corrected chi connectivity index (χ3v) is 4.86. The Bertz CT molecular complexity index is 1070. The molecule has 156 valence electrons. The van der Waals surface area contributed by atoms with E-state index < -0.39 is 23.2 Å². The second-order valence-electron chi connectivity index (χ2n) is 6.76. The quantitative estimate of drug-likeness (QED) is 0.510. The monoisotopic (exact) mass is 430 g/mol. The van der Waals surface area contributed by atoms with Gasteiger partial charge in [0.05, 0.1) is 36.0 Å². The Balaban J connectivity index is 2.04. The molecular formula is C21H20ClFN4O3. The molecule has 2 amide bonds. The molecule has 1 heterocycles. The molecule has 2 aromatic carbocycles. The highest BCUT2D eigenvalue weighted by Crippen LogP contribution is 2.30. The molecule has 1 aromatic heterocycles. The van der Waals surface area contributed by atoms with Crippen LogP contribution < -0.4 is 11.1 Å². The largest absolute Gasteiger partial charge is 0.382 e. The summed E-state index contributed by atoms with van der Waals surface area (Å²) in [6.45, 7) is -0.0467. The predicted molar refractivity (Wildman–Crippen MR) is 110 cm³/mol. The number of methoxy groups -OCH3 is 1. The first-order chi connectivity index (χ1) is 14.4. The van der Waals surface area contributed by atoms with Crippen LogP contribution in [0.4, 0.5) is 4.39 Å². The van der Waals surface area contributed by atoms with Crippen molar-refractivity contribution in [1.29, 1.82) is 0 Å². The normalized spacial score (nSPS) is 12.9. The minimum absolute atomic E-state index is 0.0467. The molecule has 0 bridgehead atoms. The van der Waals surface area contributed by atoms with Crippen molar-refractivity contribution in [1.82, 2.24) is 15.5 Å². The van der Waals surface area contributed by atoms with Gasteiger partial charge in [0.1, 0.15) is 5.82 Å². The Morgan fingerprint density at radius 3 is 2.70 bits per heavy atom. The number of nitrogens with two attached hydrogens (primary N) is 1. The van der Waals surface area contributed by atoms with Crippen LogP contribution in [0.1, 0.15) is 22.3 Å². The van der Waals surface area contributed by atoms with Gasteiger partial charge in [0.2, 0.25) is 5.91 Å². The zero-order chi connectivity index (χ0) is 21.7. The number of rotatable bonds is 8. The lowest BCUT2D eigenvalue weighted by atomic mass is 9.86. The highest BCUT2D eigenvalue weighted by Gasteiger charge is 2.37. The third-order valence-electron chi connectivity index (χ3n) is 4.62. The van der Waals surface area contributed by atoms with Gasteiger partial charge in [-0.05, 0) is 29.8 Å². The number of nitrogens with one attached hydrogen (secondary N) is 2. The van der Waals surface area contributed by atoms with Crippen LogP contribution in [0.15, 0.2) is 54.7 Å². The van der Waals surface area contributed by atoms with E-state index in [9.17, 15) is 14.0 Å². The number of hydrogen-bond acceptors (Lipinski definition) is 4. The van der Waals surface area contributed by atoms with Crippen molar-refractivity contribution in [3.63, 3.8) is 0 Å². The van der Waals surface area contributed by atoms with Gasteiger partial charge in [-0.15, -0.1) is 0 Å². The molecular weight excluding hydrogens is 411 g/mol. The van der Waals surface area contributed by atoms with E-state index in [2.05, 4.69) is 15.5 Å². The summed E-state index contributed by atoms with van der Waals surface area (Å²) in [5.41, 5.74) is 5.23. The minimum Gasteiger partial charge on any atom is -0.382 e. The van der Waals surface area contributed by atoms with Crippen LogP contribution >= 0.6 is 11.6 Å². The van der Waals surface area contributed by atoms with Crippen LogP contribution in [0.5, 0.6) is 0 Å². The summed E-state index contributed by atoms with van der Waals surface area (Å²) >= 11 is 6.12. The zero-order valence-corrected chi connectivity index (χ0v) is 16.9. The van der Waals surface area contributed by atoms with Gasteiger partial charge >= 0.3 is 0 Å². The molecule has 0 aliphatic heterocycles. The lowest BCUT2D eigenvalue weighted by molar-refractivity contribution is -0.120. The van der Waals surface area contributed by atoms with Crippen molar-refractivity contribution >= 4 is 23.4 Å². The van der Waals surface area contributed by atoms with Gasteiger partial charge in [-0.3, -0.25) is 14.7 Å². The van der Waals surface area contributed by atoms with Crippen LogP contribution in [-0.4, -0.2) is 35.7 Å². The van der Waals surface area contributed by atoms with Gasteiger partial charge < -0.3 is 15.8 Å². The van der Waals surface area contributed by atoms with Crippen molar-refractivity contribution in [3.05, 3.63) is 76.7 Å². The molecule has 0 unspecified atom stereocenters. The molecule has 0 spiro atoms. The fourth-order valence-corrected chi connectivity index (χ4v) is 3.52. The number of ether oxygens (including phenoxy) is 1. The number of hydrogen-bond donors (Lipinski definition) is 3. The van der Waals surface area contributed by atoms with E-state index in [1.807, 2.05) is 0 Å². The first-order valence-corrected chi connectivity index (χ1v) is 9.38. The molecule has 3 rings (SSSR count). The number of amides is 2. The maximum absolute atomic E-state index is 14.3. The molecule has 3 aromatic rings. The second kappa shape index (κ2) is 9.06. The van der Waals surface area contributed by atoms with Gasteiger partial charge in [0.15, 0.2) is 0 Å². The number of halogens is 2. The number of carbonyl (C=O) groups excluding carboxylic acids is 2. The van der Waals surface area contributed by atoms with E-state index in [-0.39, 0.29) is 29.8 Å². The molecule has 4 N–H and O–H groups in total. The minimum atomic E-state index is -1.29. The summed E-state index contributed by atoms with van der Waals surface area (Å²) < 4.78 is 19.6. The molecule has 1 atom stereocenters. The maximum Gasteiger partial charge on any atom is 0.255 e. The van der Waals surface area contributed by atoms with Crippen molar-refractivity contribution < 1.29 is 18.7 Å². The Hall–Kier alpha value is -3.23. The Kier molecular flexibility index (Phi) is 6.49. The number of H-pyrrole nitrogens is 1. The molecule has 30 heavy (non-hydrogen) atoms. The lowest BCUT2D eigenvalue weighted by Crippen LogP contribution is -2.51. The topological polar surface area (TPSA) is 110 Å². The first-order valence-electron chi connectivity index (χ1n) is 9.00. The number of carbonyl (C=O) groups is 2. The fraction of sp³-hybridized carbons (Fsp3) is 0.190. The molecule has 9 heteroatoms. The van der Waals surface area contributed by atoms with E-state index >= 15 is 0 Å². The molecule has 0 saturated carbocycles. The standard InChI is InChI=1S/C21H20ClFN4O3/c1-30-12-21(10-18(24)28,13-5-4-6-14(22)9-13)26-20(29)16-11-25-27-19(16)15-7-2-3-8-17(15)23/h2-9,11H,10,12H2,1H3,(H2,24,28)(H,25,27)(H,26,29)/t21-/m1/s1. The summed E-state index contributed by atoms with van der Waals surface area (Å²) in [6, 6.07) is 12.7. The van der Waals surface area contributed by atoms with E-state index in [1.54, 1.807) is 36.4 Å². The number of primary amides is 1. The Morgan fingerprint density at radius 2 is 2.03 bits per heavy atom. The first kappa shape index (κ1) is 21.5. The summed E-state index contributed by atoms with van der Waals surface area (Å²) in [7, 11) is 1.44. The van der Waals surface area contributed by atoms with Crippen LogP contribution in [0.25, 0.3) is 11.3 Å². The van der Waals surface area contributed by atoms with Gasteiger partial charge in [-0.2, -0.15) is 5.10 Å². The molecule has 0 saturated heterocycles. The number of aromatic nitrogens is 2. The smallest absolute Gasteiger partial charge is 0.255 e. The second-order valence-corrected chi connectivity index (χ2v) is 7.20. The highest BCUT2D eigenvalue weighted by atomic mass is 35.5. The summed E-state index contributed by atoms with van der Waals surface area (Å²) in [4.78, 5) is 25.1. The summed E-state index contributed by atoms with van der Waals surface area (Å²) in [5, 5.41) is 9.80. The van der Waals surface area contributed by atoms with Crippen LogP contribution in [0, 0.1) is 5.82 Å². The third kappa shape index (κ3) is 4.50. The average Bonchev–Trinajstić information content (AvgIpc) is 3.18. The lowest BCUT2D eigenvalue weighted by Gasteiger charge is -2.34. The zero-order valence-electron chi connectivity index (χ0n) is 16.1. The van der Waals surface area contributed by atoms with E-state index in [1.165, 1.54) is 25.4 Å². The van der Waals surface area contributed by atoms with Crippen molar-refractivity contribution in [3.8, 4) is 11.3 Å². The molecule has 0 radical (unpaired) electrons. The van der Waals surface area contributed by atoms with Crippen molar-refractivity contribution in [2.75, 3.05) is 13.7 Å². The summed E-state index contributed by atoms with van der Waals surface area (Å²) in [5.74, 6) is -1.74. The Morgan fingerprint density at radius 1 is 1.27 bits per heavy atom. The number of benzene rings is 2. The van der Waals surface area contributed by atoms with Crippen molar-refractivity contribution in [2.45, 2.75) is 12.0 Å². The van der Waals surface area contributed by atoms with E-state index in [0.29, 0.717) is 10.6 Å². The van der Waals surface area contributed by atoms with Gasteiger partial charge in [-0.25, -0.2) is 4.39 Å². The van der Waals surface area contributed by atoms with E-state index in [4.69, 9.17) is 22.1 Å². The average molecular weight is 431 g/mol. The molecule has 0 aliphatic rings. The molecule has 7 nitrogen and oxygen atoms in total. The van der Waals surface area contributed by atoms with Gasteiger partial charge in [0.25, 0.3) is 5.91 Å². The summed E-state index contributed by atoms with van der Waals surface area (Å²) in [6.07, 6.45) is 1.05. The number of nitrogens with zero attached hydrogens (tertiary/aromatic N) is 1. The SMILES string of the molecule is COC[C@@](CC(N)=O)(NC(=O)c1cn[nH]c1-c1ccccc1F)c1cccc(Cl)c1. The molecule has 0 aliphatic carbocycles. The van der Waals surface area contributed by atoms with Crippen LogP contribution in [0.3, 0.4) is 0 Å². The van der Waals surface area contributed by atoms with Crippen LogP contribution in [-0.2, 0) is 15.1 Å². The predicted octanol–water partition coefficient (Wildman–Crippen LogP) is 3.02. The van der Waals surface area contributed by atoms with Crippen molar-refractivity contribution in [2.24, 2.45) is 5.73 Å². The fourth-order valence-electron chi connectivity index (χ4n) is 3.33. The Labute approximate surface area is 177 Å². The molecule has 0 fully saturated rings.